The molecule has 1 aromatic heterocycles. The summed E-state index contributed by atoms with van der Waals surface area (Å²) < 4.78 is 8.18. The van der Waals surface area contributed by atoms with E-state index in [1.165, 1.54) is 11.0 Å². The number of benzene rings is 2. The number of imidazole rings is 1. The minimum atomic E-state index is -0.786. The Balaban J connectivity index is 1.74. The van der Waals surface area contributed by atoms with Crippen LogP contribution in [0.25, 0.3) is 5.76 Å². The Morgan fingerprint density at radius 2 is 2.09 bits per heavy atom. The number of ketones is 1. The van der Waals surface area contributed by atoms with Crippen molar-refractivity contribution in [2.24, 2.45) is 0 Å². The largest absolute Gasteiger partial charge is 0.872 e. The first-order chi connectivity index (χ1) is 16.4. The molecule has 176 valence electrons. The Labute approximate surface area is 210 Å². The molecule has 1 saturated heterocycles. The number of amides is 1. The normalized spacial score (nSPS) is 17.4. The standard InChI is InChI=1S/C25H23BrClN3O4/c1-2-34-20-8-7-17(14-19(20)27)23(31)21-22(16-5-3-6-18(26)13-16)30(25(33)24(21)32)11-4-10-29-12-9-28-15-29/h3,5-9,12-15,22H,2,4,10-11H2,1H3,(H,31,32). The van der Waals surface area contributed by atoms with Crippen LogP contribution in [-0.4, -0.2) is 34.7 Å². The predicted molar refractivity (Wildman–Crippen MR) is 129 cm³/mol. The van der Waals surface area contributed by atoms with Crippen molar-refractivity contribution in [2.75, 3.05) is 13.2 Å². The number of ether oxygens (including phenoxy) is 1. The smallest absolute Gasteiger partial charge is 0.295 e. The number of H-pyrrole nitrogens is 1. The molecule has 1 aliphatic rings. The van der Waals surface area contributed by atoms with E-state index in [1.54, 1.807) is 18.3 Å². The van der Waals surface area contributed by atoms with Crippen molar-refractivity contribution < 1.29 is 24.0 Å². The van der Waals surface area contributed by atoms with Crippen LogP contribution in [0.4, 0.5) is 0 Å². The van der Waals surface area contributed by atoms with Crippen molar-refractivity contribution in [2.45, 2.75) is 25.9 Å². The van der Waals surface area contributed by atoms with Gasteiger partial charge in [-0.15, -0.1) is 0 Å². The third kappa shape index (κ3) is 4.88. The number of carbonyl (C=O) groups excluding carboxylic acids is 2. The lowest BCUT2D eigenvalue weighted by atomic mass is 9.95. The molecule has 7 nitrogen and oxygen atoms in total. The van der Waals surface area contributed by atoms with Gasteiger partial charge in [-0.3, -0.25) is 14.6 Å². The number of hydrogen-bond donors (Lipinski definition) is 1. The van der Waals surface area contributed by atoms with Crippen LogP contribution in [0.3, 0.4) is 0 Å². The van der Waals surface area contributed by atoms with Gasteiger partial charge in [0.25, 0.3) is 5.91 Å². The quantitative estimate of drug-likeness (QED) is 0.204. The molecule has 0 spiro atoms. The average Bonchev–Trinajstić information content (AvgIpc) is 3.42. The molecule has 1 N–H and O–H groups in total. The second-order valence-electron chi connectivity index (χ2n) is 7.81. The fourth-order valence-electron chi connectivity index (χ4n) is 4.08. The van der Waals surface area contributed by atoms with Crippen LogP contribution in [0.1, 0.15) is 30.5 Å². The topological polar surface area (TPSA) is 89.3 Å². The monoisotopic (exact) mass is 543 g/mol. The van der Waals surface area contributed by atoms with Crippen LogP contribution < -0.4 is 14.4 Å². The van der Waals surface area contributed by atoms with E-state index >= 15 is 0 Å². The van der Waals surface area contributed by atoms with E-state index in [0.29, 0.717) is 37.4 Å². The molecule has 0 bridgehead atoms. The van der Waals surface area contributed by atoms with Gasteiger partial charge in [-0.1, -0.05) is 51.5 Å². The van der Waals surface area contributed by atoms with Crippen molar-refractivity contribution in [1.82, 2.24) is 9.88 Å². The summed E-state index contributed by atoms with van der Waals surface area (Å²) in [5, 5.41) is 13.8. The van der Waals surface area contributed by atoms with Gasteiger partial charge >= 0.3 is 0 Å². The zero-order chi connectivity index (χ0) is 24.2. The lowest BCUT2D eigenvalue weighted by molar-refractivity contribution is -0.695. The number of nitrogens with one attached hydrogen (secondary N) is 1. The van der Waals surface area contributed by atoms with Gasteiger partial charge in [0.15, 0.2) is 0 Å². The van der Waals surface area contributed by atoms with Crippen LogP contribution in [0.15, 0.2) is 71.2 Å². The van der Waals surface area contributed by atoms with Gasteiger partial charge in [0.2, 0.25) is 12.1 Å². The zero-order valence-corrected chi connectivity index (χ0v) is 20.8. The highest BCUT2D eigenvalue weighted by atomic mass is 79.9. The van der Waals surface area contributed by atoms with Gasteiger partial charge in [-0.2, -0.15) is 0 Å². The molecule has 34 heavy (non-hydrogen) atoms. The number of hydrogen-bond acceptors (Lipinski definition) is 4. The maximum Gasteiger partial charge on any atom is 0.295 e. The van der Waals surface area contributed by atoms with Crippen molar-refractivity contribution >= 4 is 45.0 Å². The Kier molecular flexibility index (Phi) is 7.38. The summed E-state index contributed by atoms with van der Waals surface area (Å²) in [4.78, 5) is 30.6. The fraction of sp³-hybridized carbons (Fsp3) is 0.240. The minimum Gasteiger partial charge on any atom is -0.872 e. The molecule has 1 fully saturated rings. The minimum absolute atomic E-state index is 0.0716. The maximum absolute atomic E-state index is 13.5. The second kappa shape index (κ2) is 10.4. The summed E-state index contributed by atoms with van der Waals surface area (Å²) in [6.07, 6.45) is 6.13. The number of carbonyl (C=O) groups is 2. The van der Waals surface area contributed by atoms with Crippen LogP contribution in [0.5, 0.6) is 5.75 Å². The number of aromatic amines is 1. The Hall–Kier alpha value is -3.10. The van der Waals surface area contributed by atoms with E-state index in [2.05, 4.69) is 20.9 Å². The van der Waals surface area contributed by atoms with Gasteiger partial charge in [-0.05, 0) is 42.3 Å². The van der Waals surface area contributed by atoms with E-state index in [9.17, 15) is 14.7 Å². The molecule has 1 amide bonds. The number of Topliss-reactive ketones (excluding diaryl/α,β-unsaturated/α-hetero) is 1. The van der Waals surface area contributed by atoms with Gasteiger partial charge in [-0.25, -0.2) is 4.57 Å². The number of nitrogens with zero attached hydrogens (tertiary/aromatic N) is 2. The highest BCUT2D eigenvalue weighted by molar-refractivity contribution is 9.10. The first-order valence-electron chi connectivity index (χ1n) is 10.9. The lowest BCUT2D eigenvalue weighted by Gasteiger charge is -2.27. The first-order valence-corrected chi connectivity index (χ1v) is 12.0. The molecule has 2 aromatic carbocycles. The molecular formula is C25H23BrClN3O4. The number of likely N-dealkylation sites (tertiary alicyclic amines) is 1. The molecule has 2 heterocycles. The molecule has 1 unspecified atom stereocenters. The molecule has 0 aliphatic carbocycles. The summed E-state index contributed by atoms with van der Waals surface area (Å²) >= 11 is 9.74. The van der Waals surface area contributed by atoms with Crippen molar-refractivity contribution in [3.63, 3.8) is 0 Å². The average molecular weight is 545 g/mol. The van der Waals surface area contributed by atoms with E-state index in [0.717, 1.165) is 4.47 Å². The number of rotatable bonds is 8. The SMILES string of the molecule is CCOc1ccc(C([O-])=C2C(=O)C(=O)N(CCC[n+]3cc[nH]c3)C2c2cccc(Br)c2)cc1Cl. The molecule has 9 heteroatoms. The van der Waals surface area contributed by atoms with Gasteiger partial charge < -0.3 is 14.7 Å². The molecule has 4 rings (SSSR count). The van der Waals surface area contributed by atoms with Gasteiger partial charge in [0.1, 0.15) is 18.1 Å². The number of aryl methyl sites for hydroxylation is 1. The van der Waals surface area contributed by atoms with Gasteiger partial charge in [0, 0.05) is 23.0 Å². The second-order valence-corrected chi connectivity index (χ2v) is 9.13. The lowest BCUT2D eigenvalue weighted by Crippen LogP contribution is -2.36. The molecular weight excluding hydrogens is 522 g/mol. The van der Waals surface area contributed by atoms with E-state index in [1.807, 2.05) is 48.3 Å². The predicted octanol–water partition coefficient (Wildman–Crippen LogP) is 3.43. The summed E-state index contributed by atoms with van der Waals surface area (Å²) in [5.74, 6) is -1.53. The van der Waals surface area contributed by atoms with E-state index < -0.39 is 23.5 Å². The fourth-order valence-corrected chi connectivity index (χ4v) is 4.73. The first kappa shape index (κ1) is 24.0. The van der Waals surface area contributed by atoms with Crippen molar-refractivity contribution in [3.05, 3.63) is 87.4 Å². The third-order valence-corrected chi connectivity index (χ3v) is 6.39. The van der Waals surface area contributed by atoms with Crippen LogP contribution in [0, 0.1) is 0 Å². The molecule has 1 atom stereocenters. The molecule has 0 radical (unpaired) electrons. The van der Waals surface area contributed by atoms with Gasteiger partial charge in [0.05, 0.1) is 24.2 Å². The maximum atomic E-state index is 13.5. The summed E-state index contributed by atoms with van der Waals surface area (Å²) in [6, 6.07) is 11.2. The molecule has 3 aromatic rings. The van der Waals surface area contributed by atoms with Crippen molar-refractivity contribution in [1.29, 1.82) is 0 Å². The summed E-state index contributed by atoms with van der Waals surface area (Å²) in [5.41, 5.74) is 0.843. The van der Waals surface area contributed by atoms with Crippen LogP contribution in [-0.2, 0) is 16.1 Å². The Morgan fingerprint density at radius 3 is 2.76 bits per heavy atom. The number of halogens is 2. The van der Waals surface area contributed by atoms with Crippen molar-refractivity contribution in [3.8, 4) is 5.75 Å². The summed E-state index contributed by atoms with van der Waals surface area (Å²) in [6.45, 7) is 3.24. The Bertz CT molecular complexity index is 1240. The highest BCUT2D eigenvalue weighted by Gasteiger charge is 2.44. The number of aromatic nitrogens is 2. The van der Waals surface area contributed by atoms with E-state index in [-0.39, 0.29) is 16.2 Å². The molecule has 0 saturated carbocycles. The Morgan fingerprint density at radius 1 is 1.26 bits per heavy atom. The van der Waals surface area contributed by atoms with Crippen LogP contribution in [0.2, 0.25) is 5.02 Å². The third-order valence-electron chi connectivity index (χ3n) is 5.61. The zero-order valence-electron chi connectivity index (χ0n) is 18.5. The van der Waals surface area contributed by atoms with Crippen LogP contribution >= 0.6 is 27.5 Å². The summed E-state index contributed by atoms with van der Waals surface area (Å²) in [7, 11) is 0. The molecule has 1 aliphatic heterocycles. The van der Waals surface area contributed by atoms with E-state index in [4.69, 9.17) is 16.3 Å². The highest BCUT2D eigenvalue weighted by Crippen LogP contribution is 2.40.